The van der Waals surface area contributed by atoms with Crippen LogP contribution in [0.1, 0.15) is 43.2 Å². The normalized spacial score (nSPS) is 19.2. The van der Waals surface area contributed by atoms with Crippen LogP contribution in [-0.2, 0) is 4.79 Å². The van der Waals surface area contributed by atoms with Crippen molar-refractivity contribution in [2.75, 3.05) is 13.1 Å². The fourth-order valence-corrected chi connectivity index (χ4v) is 2.21. The molecule has 0 aromatic carbocycles. The predicted octanol–water partition coefficient (Wildman–Crippen LogP) is 1.99. The van der Waals surface area contributed by atoms with Crippen LogP contribution in [0.25, 0.3) is 0 Å². The van der Waals surface area contributed by atoms with E-state index >= 15 is 0 Å². The maximum Gasteiger partial charge on any atom is 0.222 e. The second kappa shape index (κ2) is 5.36. The molecule has 0 radical (unpaired) electrons. The van der Waals surface area contributed by atoms with Crippen molar-refractivity contribution in [2.45, 2.75) is 38.6 Å². The van der Waals surface area contributed by atoms with Gasteiger partial charge in [-0.15, -0.1) is 0 Å². The quantitative estimate of drug-likeness (QED) is 0.873. The molecule has 0 spiro atoms. The molecule has 1 amide bonds. The maximum atomic E-state index is 11.8. The van der Waals surface area contributed by atoms with E-state index in [1.54, 1.807) is 0 Å². The number of aryl methyl sites for hydroxylation is 1. The Morgan fingerprint density at radius 1 is 1.41 bits per heavy atom. The van der Waals surface area contributed by atoms with Crippen LogP contribution in [0.15, 0.2) is 16.5 Å². The third-order valence-corrected chi connectivity index (χ3v) is 3.22. The van der Waals surface area contributed by atoms with Crippen LogP contribution in [-0.4, -0.2) is 23.9 Å². The van der Waals surface area contributed by atoms with Gasteiger partial charge in [-0.05, 0) is 31.9 Å². The van der Waals surface area contributed by atoms with E-state index in [4.69, 9.17) is 10.2 Å². The molecule has 94 valence electrons. The van der Waals surface area contributed by atoms with Gasteiger partial charge in [-0.3, -0.25) is 4.79 Å². The van der Waals surface area contributed by atoms with Gasteiger partial charge in [0.25, 0.3) is 0 Å². The SMILES string of the molecule is Cc1ccc(C(N)CN2CCCCCC2=O)o1. The number of hydrogen-bond acceptors (Lipinski definition) is 3. The third kappa shape index (κ3) is 3.09. The lowest BCUT2D eigenvalue weighted by Crippen LogP contribution is -2.36. The van der Waals surface area contributed by atoms with E-state index in [-0.39, 0.29) is 11.9 Å². The fraction of sp³-hybridized carbons (Fsp3) is 0.615. The molecule has 4 nitrogen and oxygen atoms in total. The zero-order chi connectivity index (χ0) is 12.3. The summed E-state index contributed by atoms with van der Waals surface area (Å²) < 4.78 is 5.49. The minimum Gasteiger partial charge on any atom is -0.465 e. The lowest BCUT2D eigenvalue weighted by Gasteiger charge is -2.23. The number of furan rings is 1. The molecule has 0 bridgehead atoms. The van der Waals surface area contributed by atoms with Gasteiger partial charge in [-0.2, -0.15) is 0 Å². The number of likely N-dealkylation sites (tertiary alicyclic amines) is 1. The lowest BCUT2D eigenvalue weighted by atomic mass is 10.2. The summed E-state index contributed by atoms with van der Waals surface area (Å²) in [5.74, 6) is 1.85. The van der Waals surface area contributed by atoms with E-state index in [2.05, 4.69) is 0 Å². The molecule has 1 unspecified atom stereocenters. The van der Waals surface area contributed by atoms with Gasteiger partial charge in [-0.25, -0.2) is 0 Å². The van der Waals surface area contributed by atoms with Crippen LogP contribution in [0, 0.1) is 6.92 Å². The molecular weight excluding hydrogens is 216 g/mol. The molecule has 17 heavy (non-hydrogen) atoms. The highest BCUT2D eigenvalue weighted by Gasteiger charge is 2.20. The van der Waals surface area contributed by atoms with E-state index in [1.807, 2.05) is 24.0 Å². The molecule has 2 N–H and O–H groups in total. The van der Waals surface area contributed by atoms with Crippen molar-refractivity contribution in [3.05, 3.63) is 23.7 Å². The summed E-state index contributed by atoms with van der Waals surface area (Å²) in [6, 6.07) is 3.58. The Hall–Kier alpha value is -1.29. The van der Waals surface area contributed by atoms with Gasteiger partial charge >= 0.3 is 0 Å². The highest BCUT2D eigenvalue weighted by Crippen LogP contribution is 2.18. The Morgan fingerprint density at radius 2 is 2.24 bits per heavy atom. The molecule has 0 saturated carbocycles. The van der Waals surface area contributed by atoms with Crippen molar-refractivity contribution in [3.8, 4) is 0 Å². The number of hydrogen-bond donors (Lipinski definition) is 1. The molecule has 4 heteroatoms. The second-order valence-corrected chi connectivity index (χ2v) is 4.71. The molecule has 2 heterocycles. The molecule has 1 saturated heterocycles. The largest absolute Gasteiger partial charge is 0.465 e. The minimum absolute atomic E-state index is 0.217. The van der Waals surface area contributed by atoms with Gasteiger partial charge < -0.3 is 15.1 Å². The van der Waals surface area contributed by atoms with Crippen molar-refractivity contribution in [1.82, 2.24) is 4.90 Å². The fourth-order valence-electron chi connectivity index (χ4n) is 2.21. The number of nitrogens with two attached hydrogens (primary N) is 1. The van der Waals surface area contributed by atoms with Crippen LogP contribution in [0.5, 0.6) is 0 Å². The predicted molar refractivity (Wildman–Crippen MR) is 65.4 cm³/mol. The first-order valence-corrected chi connectivity index (χ1v) is 6.26. The zero-order valence-corrected chi connectivity index (χ0v) is 10.3. The summed E-state index contributed by atoms with van der Waals surface area (Å²) in [6.45, 7) is 3.28. The van der Waals surface area contributed by atoms with Gasteiger partial charge in [0.05, 0.1) is 6.04 Å². The zero-order valence-electron chi connectivity index (χ0n) is 10.3. The highest BCUT2D eigenvalue weighted by molar-refractivity contribution is 5.76. The smallest absolute Gasteiger partial charge is 0.222 e. The van der Waals surface area contributed by atoms with Gasteiger partial charge in [0.15, 0.2) is 0 Å². The Labute approximate surface area is 102 Å². The van der Waals surface area contributed by atoms with Crippen LogP contribution >= 0.6 is 0 Å². The molecule has 1 aromatic rings. The van der Waals surface area contributed by atoms with E-state index in [9.17, 15) is 4.79 Å². The molecular formula is C13H20N2O2. The van der Waals surface area contributed by atoms with E-state index < -0.39 is 0 Å². The summed E-state index contributed by atoms with van der Waals surface area (Å²) in [4.78, 5) is 13.7. The summed E-state index contributed by atoms with van der Waals surface area (Å²) in [7, 11) is 0. The number of carbonyl (C=O) groups excluding carboxylic acids is 1. The molecule has 1 aliphatic rings. The van der Waals surface area contributed by atoms with Gasteiger partial charge in [0.1, 0.15) is 11.5 Å². The Morgan fingerprint density at radius 3 is 2.94 bits per heavy atom. The van der Waals surface area contributed by atoms with Crippen molar-refractivity contribution < 1.29 is 9.21 Å². The Balaban J connectivity index is 1.97. The lowest BCUT2D eigenvalue weighted by molar-refractivity contribution is -0.131. The molecule has 1 aromatic heterocycles. The number of carbonyl (C=O) groups is 1. The van der Waals surface area contributed by atoms with E-state index in [0.29, 0.717) is 13.0 Å². The average molecular weight is 236 g/mol. The van der Waals surface area contributed by atoms with E-state index in [0.717, 1.165) is 37.3 Å². The first-order chi connectivity index (χ1) is 8.16. The van der Waals surface area contributed by atoms with Gasteiger partial charge in [0, 0.05) is 19.5 Å². The number of nitrogens with zero attached hydrogens (tertiary/aromatic N) is 1. The standard InChI is InChI=1S/C13H20N2O2/c1-10-6-7-12(17-10)11(14)9-15-8-4-2-3-5-13(15)16/h6-7,11H,2-5,8-9,14H2,1H3. The van der Waals surface area contributed by atoms with Crippen LogP contribution in [0.3, 0.4) is 0 Å². The summed E-state index contributed by atoms with van der Waals surface area (Å²) in [5.41, 5.74) is 6.06. The monoisotopic (exact) mass is 236 g/mol. The first kappa shape index (κ1) is 12.2. The third-order valence-electron chi connectivity index (χ3n) is 3.22. The van der Waals surface area contributed by atoms with Crippen LogP contribution < -0.4 is 5.73 Å². The van der Waals surface area contributed by atoms with Gasteiger partial charge in [0.2, 0.25) is 5.91 Å². The van der Waals surface area contributed by atoms with E-state index in [1.165, 1.54) is 0 Å². The Kier molecular flexibility index (Phi) is 3.84. The second-order valence-electron chi connectivity index (χ2n) is 4.71. The van der Waals surface area contributed by atoms with Crippen LogP contribution in [0.4, 0.5) is 0 Å². The number of amides is 1. The molecule has 1 fully saturated rings. The summed E-state index contributed by atoms with van der Waals surface area (Å²) in [5, 5.41) is 0. The van der Waals surface area contributed by atoms with Crippen molar-refractivity contribution in [3.63, 3.8) is 0 Å². The van der Waals surface area contributed by atoms with Crippen LogP contribution in [0.2, 0.25) is 0 Å². The average Bonchev–Trinajstić information content (AvgIpc) is 2.63. The first-order valence-electron chi connectivity index (χ1n) is 6.26. The summed E-state index contributed by atoms with van der Waals surface area (Å²) >= 11 is 0. The van der Waals surface area contributed by atoms with Crippen molar-refractivity contribution in [2.24, 2.45) is 5.73 Å². The Bertz CT molecular complexity index is 387. The van der Waals surface area contributed by atoms with Crippen molar-refractivity contribution >= 4 is 5.91 Å². The topological polar surface area (TPSA) is 59.5 Å². The highest BCUT2D eigenvalue weighted by atomic mass is 16.3. The maximum absolute atomic E-state index is 11.8. The molecule has 1 aliphatic heterocycles. The van der Waals surface area contributed by atoms with Crippen molar-refractivity contribution in [1.29, 1.82) is 0 Å². The minimum atomic E-state index is -0.217. The summed E-state index contributed by atoms with van der Waals surface area (Å²) in [6.07, 6.45) is 3.88. The number of rotatable bonds is 3. The molecule has 1 atom stereocenters. The van der Waals surface area contributed by atoms with Gasteiger partial charge in [-0.1, -0.05) is 6.42 Å². The molecule has 2 rings (SSSR count). The molecule has 0 aliphatic carbocycles.